The second-order valence-electron chi connectivity index (χ2n) is 11.6. The van der Waals surface area contributed by atoms with E-state index < -0.39 is 5.60 Å². The van der Waals surface area contributed by atoms with Gasteiger partial charge in [-0.15, -0.1) is 0 Å². The summed E-state index contributed by atoms with van der Waals surface area (Å²) >= 11 is 0. The highest BCUT2D eigenvalue weighted by atomic mass is 16.5. The van der Waals surface area contributed by atoms with Crippen molar-refractivity contribution in [3.8, 4) is 0 Å². The van der Waals surface area contributed by atoms with E-state index >= 15 is 0 Å². The number of rotatable bonds is 10. The summed E-state index contributed by atoms with van der Waals surface area (Å²) < 4.78 is 7.10. The van der Waals surface area contributed by atoms with E-state index in [1.54, 1.807) is 0 Å². The Bertz CT molecular complexity index is 1280. The highest BCUT2D eigenvalue weighted by molar-refractivity contribution is 5.84. The van der Waals surface area contributed by atoms with E-state index in [0.717, 1.165) is 48.7 Å². The van der Waals surface area contributed by atoms with Gasteiger partial charge in [-0.3, -0.25) is 5.01 Å². The second kappa shape index (κ2) is 12.1. The van der Waals surface area contributed by atoms with Crippen LogP contribution in [-0.4, -0.2) is 35.6 Å². The van der Waals surface area contributed by atoms with Crippen LogP contribution in [0.3, 0.4) is 0 Å². The lowest BCUT2D eigenvalue weighted by atomic mass is 9.80. The topological polar surface area (TPSA) is 28.1 Å². The molecular formula is C36H41N3O. The number of amidine groups is 1. The van der Waals surface area contributed by atoms with E-state index in [-0.39, 0.29) is 5.41 Å². The van der Waals surface area contributed by atoms with E-state index in [9.17, 15) is 0 Å². The molecule has 0 fully saturated rings. The molecule has 4 nitrogen and oxygen atoms in total. The van der Waals surface area contributed by atoms with E-state index in [4.69, 9.17) is 9.84 Å². The van der Waals surface area contributed by atoms with Crippen LogP contribution in [0, 0.1) is 0 Å². The third-order valence-corrected chi connectivity index (χ3v) is 7.59. The fraction of sp³-hybridized carbons (Fsp3) is 0.306. The van der Waals surface area contributed by atoms with Gasteiger partial charge in [-0.25, -0.2) is 0 Å². The second-order valence-corrected chi connectivity index (χ2v) is 11.6. The van der Waals surface area contributed by atoms with Gasteiger partial charge in [0.05, 0.1) is 6.54 Å². The molecule has 4 heteroatoms. The van der Waals surface area contributed by atoms with Crippen LogP contribution in [0.25, 0.3) is 0 Å². The first kappa shape index (κ1) is 27.7. The Morgan fingerprint density at radius 2 is 1.18 bits per heavy atom. The van der Waals surface area contributed by atoms with Crippen LogP contribution in [0.1, 0.15) is 61.9 Å². The molecule has 4 aromatic rings. The van der Waals surface area contributed by atoms with Crippen molar-refractivity contribution in [3.63, 3.8) is 0 Å². The Hall–Kier alpha value is -3.89. The van der Waals surface area contributed by atoms with Crippen LogP contribution in [-0.2, 0) is 22.3 Å². The highest BCUT2D eigenvalue weighted by Gasteiger charge is 2.38. The average Bonchev–Trinajstić information content (AvgIpc) is 3.36. The molecule has 0 unspecified atom stereocenters. The molecule has 0 saturated carbocycles. The molecule has 4 aromatic carbocycles. The minimum absolute atomic E-state index is 0.148. The molecular weight excluding hydrogens is 490 g/mol. The Balaban J connectivity index is 1.46. The van der Waals surface area contributed by atoms with Crippen LogP contribution in [0.2, 0.25) is 0 Å². The number of hydrogen-bond donors (Lipinski definition) is 0. The number of ether oxygens (including phenoxy) is 1. The van der Waals surface area contributed by atoms with Crippen LogP contribution >= 0.6 is 0 Å². The predicted octanol–water partition coefficient (Wildman–Crippen LogP) is 7.79. The summed E-state index contributed by atoms with van der Waals surface area (Å²) in [6, 6.07) is 40.6. The van der Waals surface area contributed by atoms with Gasteiger partial charge in [-0.2, -0.15) is 5.10 Å². The van der Waals surface area contributed by atoms with Crippen molar-refractivity contribution in [2.45, 2.75) is 51.7 Å². The number of hydrazone groups is 1. The van der Waals surface area contributed by atoms with Crippen LogP contribution in [0.5, 0.6) is 0 Å². The molecule has 206 valence electrons. The summed E-state index contributed by atoms with van der Waals surface area (Å²) in [4.78, 5) is 2.36. The minimum atomic E-state index is -0.764. The maximum absolute atomic E-state index is 7.10. The van der Waals surface area contributed by atoms with E-state index in [1.165, 1.54) is 11.1 Å². The molecule has 40 heavy (non-hydrogen) atoms. The van der Waals surface area contributed by atoms with Gasteiger partial charge in [0.2, 0.25) is 0 Å². The summed E-state index contributed by atoms with van der Waals surface area (Å²) in [5.41, 5.74) is 5.30. The van der Waals surface area contributed by atoms with Crippen molar-refractivity contribution in [2.24, 2.45) is 5.10 Å². The van der Waals surface area contributed by atoms with Crippen LogP contribution in [0.4, 0.5) is 0 Å². The zero-order valence-electron chi connectivity index (χ0n) is 24.3. The van der Waals surface area contributed by atoms with Gasteiger partial charge in [0, 0.05) is 6.54 Å². The van der Waals surface area contributed by atoms with E-state index in [2.05, 4.69) is 153 Å². The lowest BCUT2D eigenvalue weighted by Crippen LogP contribution is -2.39. The molecule has 0 aliphatic carbocycles. The fourth-order valence-corrected chi connectivity index (χ4v) is 5.47. The molecule has 0 aromatic heterocycles. The fourth-order valence-electron chi connectivity index (χ4n) is 5.47. The van der Waals surface area contributed by atoms with Gasteiger partial charge in [0.15, 0.2) is 5.84 Å². The first-order chi connectivity index (χ1) is 19.4. The monoisotopic (exact) mass is 531 g/mol. The lowest BCUT2D eigenvalue weighted by Gasteiger charge is -2.36. The van der Waals surface area contributed by atoms with E-state index in [1.807, 2.05) is 0 Å². The maximum Gasteiger partial charge on any atom is 0.152 e. The molecule has 0 radical (unpaired) electrons. The van der Waals surface area contributed by atoms with Gasteiger partial charge in [-0.05, 0) is 39.7 Å². The molecule has 1 heterocycles. The van der Waals surface area contributed by atoms with Crippen LogP contribution < -0.4 is 0 Å². The Morgan fingerprint density at radius 3 is 1.62 bits per heavy atom. The Morgan fingerprint density at radius 1 is 0.675 bits per heavy atom. The van der Waals surface area contributed by atoms with Crippen molar-refractivity contribution in [2.75, 3.05) is 19.8 Å². The van der Waals surface area contributed by atoms with Gasteiger partial charge in [0.1, 0.15) is 18.9 Å². The van der Waals surface area contributed by atoms with E-state index in [0.29, 0.717) is 6.61 Å². The highest BCUT2D eigenvalue weighted by Crippen LogP contribution is 2.40. The Kier molecular flexibility index (Phi) is 8.37. The third-order valence-electron chi connectivity index (χ3n) is 7.59. The van der Waals surface area contributed by atoms with Gasteiger partial charge in [-0.1, -0.05) is 143 Å². The first-order valence-corrected chi connectivity index (χ1v) is 14.4. The lowest BCUT2D eigenvalue weighted by molar-refractivity contribution is 0.0352. The van der Waals surface area contributed by atoms with Gasteiger partial charge in [0.25, 0.3) is 0 Å². The quantitative estimate of drug-likeness (QED) is 0.196. The van der Waals surface area contributed by atoms with Crippen LogP contribution in [0.15, 0.2) is 120 Å². The minimum Gasteiger partial charge on any atom is -0.353 e. The molecule has 0 bridgehead atoms. The molecule has 0 saturated heterocycles. The number of benzene rings is 4. The molecule has 5 rings (SSSR count). The first-order valence-electron chi connectivity index (χ1n) is 14.4. The van der Waals surface area contributed by atoms with Gasteiger partial charge >= 0.3 is 0 Å². The number of nitrogens with zero attached hydrogens (tertiary/aromatic N) is 3. The summed E-state index contributed by atoms with van der Waals surface area (Å²) in [5, 5.41) is 7.25. The molecule has 0 N–H and O–H groups in total. The molecule has 0 spiro atoms. The summed E-state index contributed by atoms with van der Waals surface area (Å²) in [6.07, 6.45) is 1.05. The van der Waals surface area contributed by atoms with Gasteiger partial charge < -0.3 is 9.64 Å². The smallest absolute Gasteiger partial charge is 0.152 e. The normalized spacial score (nSPS) is 13.9. The molecule has 0 amide bonds. The zero-order valence-corrected chi connectivity index (χ0v) is 24.3. The largest absolute Gasteiger partial charge is 0.353 e. The predicted molar refractivity (Wildman–Crippen MR) is 165 cm³/mol. The number of hydrogen-bond acceptors (Lipinski definition) is 4. The van der Waals surface area contributed by atoms with Crippen molar-refractivity contribution in [3.05, 3.63) is 143 Å². The molecule has 1 aliphatic heterocycles. The zero-order chi connectivity index (χ0) is 28.0. The maximum atomic E-state index is 7.10. The summed E-state index contributed by atoms with van der Waals surface area (Å²) in [6.45, 7) is 11.9. The standard InChI is InChI=1S/C36H41N3O/c1-5-25-38-28-39(26-29-21-23-30(24-22-29)35(2,3)4)37-34(38)27-40-36(31-15-9-6-10-16-31,32-17-11-7-12-18-32)33-19-13-8-14-20-33/h6-24H,5,25-28H2,1-4H3. The Labute approximate surface area is 239 Å². The van der Waals surface area contributed by atoms with Crippen molar-refractivity contribution in [1.29, 1.82) is 0 Å². The van der Waals surface area contributed by atoms with Crippen molar-refractivity contribution in [1.82, 2.24) is 9.91 Å². The molecule has 0 atom stereocenters. The summed E-state index contributed by atoms with van der Waals surface area (Å²) in [7, 11) is 0. The third kappa shape index (κ3) is 5.97. The SMILES string of the molecule is CCCN1CN(Cc2ccc(C(C)(C)C)cc2)N=C1COC(c1ccccc1)(c1ccccc1)c1ccccc1. The summed E-state index contributed by atoms with van der Waals surface area (Å²) in [5.74, 6) is 0.973. The van der Waals surface area contributed by atoms with Crippen molar-refractivity contribution >= 4 is 5.84 Å². The van der Waals surface area contributed by atoms with Crippen molar-refractivity contribution < 1.29 is 4.74 Å². The average molecular weight is 532 g/mol. The molecule has 1 aliphatic rings.